The second-order valence-corrected chi connectivity index (χ2v) is 8.38. The van der Waals surface area contributed by atoms with Crippen molar-refractivity contribution in [1.82, 2.24) is 19.8 Å². The lowest BCUT2D eigenvalue weighted by Crippen LogP contribution is -2.43. The maximum atomic E-state index is 12.6. The van der Waals surface area contributed by atoms with Crippen LogP contribution >= 0.6 is 0 Å². The van der Waals surface area contributed by atoms with Gasteiger partial charge in [0.15, 0.2) is 0 Å². The normalized spacial score (nSPS) is 20.1. The van der Waals surface area contributed by atoms with Crippen LogP contribution in [0.5, 0.6) is 0 Å². The van der Waals surface area contributed by atoms with E-state index in [1.54, 1.807) is 6.20 Å². The zero-order valence-electron chi connectivity index (χ0n) is 17.5. The maximum Gasteiger partial charge on any atom is 0.236 e. The molecule has 6 heteroatoms. The summed E-state index contributed by atoms with van der Waals surface area (Å²) in [5, 5.41) is 3.45. The molecule has 0 radical (unpaired) electrons. The van der Waals surface area contributed by atoms with Gasteiger partial charge in [0.25, 0.3) is 0 Å². The number of carbonyl (C=O) groups is 1. The van der Waals surface area contributed by atoms with Crippen molar-refractivity contribution in [2.75, 3.05) is 38.0 Å². The third kappa shape index (κ3) is 4.93. The van der Waals surface area contributed by atoms with Gasteiger partial charge >= 0.3 is 0 Å². The lowest BCUT2D eigenvalue weighted by molar-refractivity contribution is -0.131. The minimum absolute atomic E-state index is 0.285. The van der Waals surface area contributed by atoms with E-state index in [9.17, 15) is 4.79 Å². The Balaban J connectivity index is 1.45. The summed E-state index contributed by atoms with van der Waals surface area (Å²) >= 11 is 0. The Morgan fingerprint density at radius 3 is 2.79 bits per heavy atom. The third-order valence-electron chi connectivity index (χ3n) is 5.99. The van der Waals surface area contributed by atoms with Gasteiger partial charge in [-0.1, -0.05) is 6.07 Å². The third-order valence-corrected chi connectivity index (χ3v) is 5.99. The average Bonchev–Trinajstić information content (AvgIpc) is 3.25. The van der Waals surface area contributed by atoms with Crippen molar-refractivity contribution in [3.05, 3.63) is 47.4 Å². The van der Waals surface area contributed by atoms with Crippen molar-refractivity contribution in [3.63, 3.8) is 0 Å². The minimum atomic E-state index is 0.285. The molecule has 0 unspecified atom stereocenters. The Hall–Kier alpha value is -2.47. The van der Waals surface area contributed by atoms with Crippen LogP contribution in [0.1, 0.15) is 48.6 Å². The molecule has 0 aromatic carbocycles. The van der Waals surface area contributed by atoms with E-state index in [2.05, 4.69) is 40.3 Å². The summed E-state index contributed by atoms with van der Waals surface area (Å²) < 4.78 is 0. The molecular formula is C23H31N5O. The van der Waals surface area contributed by atoms with E-state index in [1.165, 1.54) is 0 Å². The fourth-order valence-corrected chi connectivity index (χ4v) is 4.43. The van der Waals surface area contributed by atoms with Gasteiger partial charge in [-0.05, 0) is 69.8 Å². The standard InChI is InChI=1S/C23H31N5O/c1-17-7-5-9-24-23(17)26-20-13-18(2)25-21(14-20)19-8-6-10-27(15-19)16-22(29)28-11-3-4-12-28/h5,7,9,13-14,19H,3-4,6,8,10-12,15-16H2,1-2H3,(H,24,25,26)/t19-/m0/s1. The van der Waals surface area contributed by atoms with Crippen molar-refractivity contribution in [3.8, 4) is 0 Å². The van der Waals surface area contributed by atoms with E-state index in [-0.39, 0.29) is 5.91 Å². The first-order valence-electron chi connectivity index (χ1n) is 10.8. The van der Waals surface area contributed by atoms with Crippen LogP contribution in [0.2, 0.25) is 0 Å². The molecule has 2 aliphatic heterocycles. The van der Waals surface area contributed by atoms with Crippen LogP contribution in [-0.2, 0) is 4.79 Å². The topological polar surface area (TPSA) is 61.4 Å². The summed E-state index contributed by atoms with van der Waals surface area (Å²) in [5.41, 5.74) is 4.26. The number of pyridine rings is 2. The highest BCUT2D eigenvalue weighted by Crippen LogP contribution is 2.29. The van der Waals surface area contributed by atoms with Gasteiger partial charge in [0.05, 0.1) is 6.54 Å². The Morgan fingerprint density at radius 2 is 2.00 bits per heavy atom. The highest BCUT2D eigenvalue weighted by molar-refractivity contribution is 5.78. The predicted octanol–water partition coefficient (Wildman–Crippen LogP) is 3.64. The number of amides is 1. The zero-order chi connectivity index (χ0) is 20.2. The van der Waals surface area contributed by atoms with Crippen molar-refractivity contribution in [2.24, 2.45) is 0 Å². The Morgan fingerprint density at radius 1 is 1.17 bits per heavy atom. The molecule has 2 aliphatic rings. The summed E-state index contributed by atoms with van der Waals surface area (Å²) in [5.74, 6) is 1.53. The molecule has 2 saturated heterocycles. The Bertz CT molecular complexity index is 862. The van der Waals surface area contributed by atoms with Gasteiger partial charge in [-0.3, -0.25) is 14.7 Å². The molecular weight excluding hydrogens is 362 g/mol. The number of nitrogens with zero attached hydrogens (tertiary/aromatic N) is 4. The molecule has 2 aromatic heterocycles. The molecule has 0 aliphatic carbocycles. The van der Waals surface area contributed by atoms with E-state index in [4.69, 9.17) is 4.98 Å². The summed E-state index contributed by atoms with van der Waals surface area (Å²) in [6.07, 6.45) is 6.32. The number of carbonyl (C=O) groups excluding carboxylic acids is 1. The second kappa shape index (κ2) is 8.91. The van der Waals surface area contributed by atoms with E-state index in [0.717, 1.165) is 80.3 Å². The van der Waals surface area contributed by atoms with Crippen LogP contribution in [0.4, 0.5) is 11.5 Å². The molecule has 1 atom stereocenters. The summed E-state index contributed by atoms with van der Waals surface area (Å²) in [7, 11) is 0. The molecule has 1 amide bonds. The number of hydrogen-bond donors (Lipinski definition) is 1. The summed E-state index contributed by atoms with van der Waals surface area (Å²) in [6.45, 7) is 8.39. The Labute approximate surface area is 173 Å². The lowest BCUT2D eigenvalue weighted by Gasteiger charge is -2.33. The van der Waals surface area contributed by atoms with Crippen LogP contribution < -0.4 is 5.32 Å². The molecule has 0 bridgehead atoms. The quantitative estimate of drug-likeness (QED) is 0.840. The molecule has 2 aromatic rings. The molecule has 0 saturated carbocycles. The number of hydrogen-bond acceptors (Lipinski definition) is 5. The van der Waals surface area contributed by atoms with Gasteiger partial charge in [-0.25, -0.2) is 4.98 Å². The molecule has 29 heavy (non-hydrogen) atoms. The number of anilines is 2. The van der Waals surface area contributed by atoms with E-state index < -0.39 is 0 Å². The monoisotopic (exact) mass is 393 g/mol. The molecule has 1 N–H and O–H groups in total. The van der Waals surface area contributed by atoms with Gasteiger partial charge in [-0.15, -0.1) is 0 Å². The van der Waals surface area contributed by atoms with Gasteiger partial charge in [-0.2, -0.15) is 0 Å². The van der Waals surface area contributed by atoms with Crippen LogP contribution in [0.25, 0.3) is 0 Å². The minimum Gasteiger partial charge on any atom is -0.342 e. The van der Waals surface area contributed by atoms with Crippen molar-refractivity contribution >= 4 is 17.4 Å². The van der Waals surface area contributed by atoms with Gasteiger partial charge in [0.1, 0.15) is 5.82 Å². The van der Waals surface area contributed by atoms with Crippen molar-refractivity contribution in [1.29, 1.82) is 0 Å². The molecule has 154 valence electrons. The molecule has 4 rings (SSSR count). The fourth-order valence-electron chi connectivity index (χ4n) is 4.43. The number of piperidine rings is 1. The molecule has 0 spiro atoms. The molecule has 6 nitrogen and oxygen atoms in total. The van der Waals surface area contributed by atoms with Gasteiger partial charge < -0.3 is 10.2 Å². The van der Waals surface area contributed by atoms with Crippen LogP contribution in [0.3, 0.4) is 0 Å². The molecule has 2 fully saturated rings. The summed E-state index contributed by atoms with van der Waals surface area (Å²) in [4.78, 5) is 26.2. The highest BCUT2D eigenvalue weighted by atomic mass is 16.2. The Kier molecular flexibility index (Phi) is 6.09. The van der Waals surface area contributed by atoms with Crippen LogP contribution in [0.15, 0.2) is 30.5 Å². The lowest BCUT2D eigenvalue weighted by atomic mass is 9.93. The smallest absolute Gasteiger partial charge is 0.236 e. The van der Waals surface area contributed by atoms with Crippen LogP contribution in [0, 0.1) is 13.8 Å². The number of rotatable bonds is 5. The number of likely N-dealkylation sites (tertiary alicyclic amines) is 2. The second-order valence-electron chi connectivity index (χ2n) is 8.38. The maximum absolute atomic E-state index is 12.6. The van der Waals surface area contributed by atoms with E-state index >= 15 is 0 Å². The first kappa shape index (κ1) is 19.8. The average molecular weight is 394 g/mol. The van der Waals surface area contributed by atoms with Crippen molar-refractivity contribution in [2.45, 2.75) is 45.4 Å². The largest absolute Gasteiger partial charge is 0.342 e. The zero-order valence-corrected chi connectivity index (χ0v) is 17.5. The highest BCUT2D eigenvalue weighted by Gasteiger charge is 2.26. The number of nitrogens with one attached hydrogen (secondary N) is 1. The fraction of sp³-hybridized carbons (Fsp3) is 0.522. The number of aryl methyl sites for hydroxylation is 2. The van der Waals surface area contributed by atoms with E-state index in [0.29, 0.717) is 12.5 Å². The molecule has 4 heterocycles. The first-order valence-corrected chi connectivity index (χ1v) is 10.8. The van der Waals surface area contributed by atoms with E-state index in [1.807, 2.05) is 17.9 Å². The predicted molar refractivity (Wildman–Crippen MR) is 115 cm³/mol. The SMILES string of the molecule is Cc1cc(Nc2ncccc2C)cc([C@H]2CCCN(CC(=O)N3CCCC3)C2)n1. The first-order chi connectivity index (χ1) is 14.1. The van der Waals surface area contributed by atoms with Gasteiger partial charge in [0, 0.05) is 48.8 Å². The number of aromatic nitrogens is 2. The summed E-state index contributed by atoms with van der Waals surface area (Å²) in [6, 6.07) is 8.22. The van der Waals surface area contributed by atoms with Crippen LogP contribution in [-0.4, -0.2) is 58.4 Å². The van der Waals surface area contributed by atoms with Crippen molar-refractivity contribution < 1.29 is 4.79 Å². The van der Waals surface area contributed by atoms with Gasteiger partial charge in [0.2, 0.25) is 5.91 Å².